The maximum Gasteiger partial charge on any atom is 0.276 e. The normalized spacial score (nSPS) is 19.8. The zero-order chi connectivity index (χ0) is 16.7. The number of rotatable bonds is 4. The van der Waals surface area contributed by atoms with Crippen molar-refractivity contribution in [2.75, 3.05) is 11.9 Å². The van der Waals surface area contributed by atoms with Gasteiger partial charge < -0.3 is 14.3 Å². The first kappa shape index (κ1) is 14.9. The van der Waals surface area contributed by atoms with Gasteiger partial charge in [0, 0.05) is 32.6 Å². The molecule has 24 heavy (non-hydrogen) atoms. The van der Waals surface area contributed by atoms with Crippen molar-refractivity contribution in [3.05, 3.63) is 42.2 Å². The average Bonchev–Trinajstić information content (AvgIpc) is 3.23. The molecule has 1 aliphatic carbocycles. The van der Waals surface area contributed by atoms with Crippen LogP contribution in [-0.2, 0) is 11.9 Å². The third-order valence-electron chi connectivity index (χ3n) is 4.61. The predicted molar refractivity (Wildman–Crippen MR) is 88.8 cm³/mol. The fourth-order valence-electron chi connectivity index (χ4n) is 2.95. The third-order valence-corrected chi connectivity index (χ3v) is 4.61. The van der Waals surface area contributed by atoms with E-state index in [2.05, 4.69) is 15.1 Å². The Hall–Kier alpha value is -2.70. The lowest BCUT2D eigenvalue weighted by atomic mass is 10.1. The number of imidazole rings is 1. The van der Waals surface area contributed by atoms with E-state index in [1.807, 2.05) is 13.1 Å². The van der Waals surface area contributed by atoms with E-state index < -0.39 is 0 Å². The van der Waals surface area contributed by atoms with Crippen LogP contribution < -0.4 is 4.90 Å². The lowest BCUT2D eigenvalue weighted by Gasteiger charge is -2.17. The minimum Gasteiger partial charge on any atom is -0.384 e. The summed E-state index contributed by atoms with van der Waals surface area (Å²) in [7, 11) is 3.57. The third kappa shape index (κ3) is 2.55. The molecule has 0 N–H and O–H groups in total. The molecule has 2 aliphatic rings. The smallest absolute Gasteiger partial charge is 0.276 e. The van der Waals surface area contributed by atoms with Crippen LogP contribution in [0, 0.1) is 5.92 Å². The molecule has 1 saturated carbocycles. The van der Waals surface area contributed by atoms with Crippen LogP contribution in [0.1, 0.15) is 41.7 Å². The van der Waals surface area contributed by atoms with Crippen molar-refractivity contribution < 1.29 is 9.63 Å². The molecule has 2 aromatic rings. The Bertz CT molecular complexity index is 795. The Balaban J connectivity index is 1.53. The molecule has 4 rings (SSSR count). The Morgan fingerprint density at radius 2 is 2.21 bits per heavy atom. The van der Waals surface area contributed by atoms with E-state index in [1.54, 1.807) is 41.2 Å². The summed E-state index contributed by atoms with van der Waals surface area (Å²) in [5, 5.41) is 4.19. The van der Waals surface area contributed by atoms with Gasteiger partial charge in [-0.25, -0.2) is 4.98 Å². The summed E-state index contributed by atoms with van der Waals surface area (Å²) in [5.74, 6) is 1.19. The summed E-state index contributed by atoms with van der Waals surface area (Å²) in [6.45, 7) is 0. The zero-order valence-electron chi connectivity index (χ0n) is 13.7. The number of carbonyl (C=O) groups is 1. The molecular formula is C17H19N5O2. The number of anilines is 1. The Morgan fingerprint density at radius 1 is 1.38 bits per heavy atom. The summed E-state index contributed by atoms with van der Waals surface area (Å²) >= 11 is 0. The van der Waals surface area contributed by atoms with Crippen LogP contribution in [0.2, 0.25) is 0 Å². The second-order valence-electron chi connectivity index (χ2n) is 6.29. The maximum absolute atomic E-state index is 12.7. The molecule has 1 amide bonds. The Kier molecular flexibility index (Phi) is 3.55. The van der Waals surface area contributed by atoms with E-state index >= 15 is 0 Å². The van der Waals surface area contributed by atoms with Gasteiger partial charge in [-0.15, -0.1) is 0 Å². The number of pyridine rings is 1. The van der Waals surface area contributed by atoms with Crippen LogP contribution in [0.25, 0.3) is 0 Å². The Morgan fingerprint density at radius 3 is 2.92 bits per heavy atom. The van der Waals surface area contributed by atoms with Crippen molar-refractivity contribution in [2.24, 2.45) is 18.1 Å². The first-order valence-electron chi connectivity index (χ1n) is 8.07. The molecule has 1 unspecified atom stereocenters. The van der Waals surface area contributed by atoms with Gasteiger partial charge in [0.15, 0.2) is 11.9 Å². The summed E-state index contributed by atoms with van der Waals surface area (Å²) in [6, 6.07) is 3.65. The monoisotopic (exact) mass is 325 g/mol. The molecule has 2 aromatic heterocycles. The van der Waals surface area contributed by atoms with Crippen LogP contribution in [0.4, 0.5) is 5.69 Å². The summed E-state index contributed by atoms with van der Waals surface area (Å²) in [4.78, 5) is 28.3. The molecule has 124 valence electrons. The number of carbonyl (C=O) groups excluding carboxylic acids is 1. The summed E-state index contributed by atoms with van der Waals surface area (Å²) < 4.78 is 1.80. The average molecular weight is 325 g/mol. The topological polar surface area (TPSA) is 72.6 Å². The van der Waals surface area contributed by atoms with E-state index in [-0.39, 0.29) is 12.0 Å². The molecule has 3 heterocycles. The van der Waals surface area contributed by atoms with Gasteiger partial charge in [-0.2, -0.15) is 0 Å². The highest BCUT2D eigenvalue weighted by Gasteiger charge is 2.36. The number of hydrogen-bond acceptors (Lipinski definition) is 5. The SMILES string of the molecule is CN(C(=O)c1cnc(C2CC(C3CC3)=NO2)n1C)c1cccnc1. The second kappa shape index (κ2) is 5.74. The van der Waals surface area contributed by atoms with Crippen molar-refractivity contribution >= 4 is 17.3 Å². The van der Waals surface area contributed by atoms with E-state index in [9.17, 15) is 4.79 Å². The first-order valence-corrected chi connectivity index (χ1v) is 8.07. The van der Waals surface area contributed by atoms with Crippen LogP contribution in [0.3, 0.4) is 0 Å². The van der Waals surface area contributed by atoms with Gasteiger partial charge in [-0.3, -0.25) is 9.78 Å². The lowest BCUT2D eigenvalue weighted by molar-refractivity contribution is 0.0767. The van der Waals surface area contributed by atoms with Gasteiger partial charge in [-0.1, -0.05) is 5.16 Å². The first-order chi connectivity index (χ1) is 11.6. The Labute approximate surface area is 140 Å². The summed E-state index contributed by atoms with van der Waals surface area (Å²) in [5.41, 5.74) is 2.38. The zero-order valence-corrected chi connectivity index (χ0v) is 13.7. The molecular weight excluding hydrogens is 306 g/mol. The van der Waals surface area contributed by atoms with Gasteiger partial charge in [-0.05, 0) is 25.0 Å². The van der Waals surface area contributed by atoms with E-state index in [1.165, 1.54) is 12.8 Å². The molecule has 0 radical (unpaired) electrons. The number of aromatic nitrogens is 3. The van der Waals surface area contributed by atoms with Crippen molar-refractivity contribution in [1.29, 1.82) is 0 Å². The van der Waals surface area contributed by atoms with E-state index in [0.717, 1.165) is 23.6 Å². The fraction of sp³-hybridized carbons (Fsp3) is 0.412. The van der Waals surface area contributed by atoms with Gasteiger partial charge in [0.05, 0.1) is 23.8 Å². The van der Waals surface area contributed by atoms with Crippen LogP contribution in [0.15, 0.2) is 35.9 Å². The molecule has 7 heteroatoms. The van der Waals surface area contributed by atoms with Crippen molar-refractivity contribution in [3.8, 4) is 0 Å². The summed E-state index contributed by atoms with van der Waals surface area (Å²) in [6.07, 6.45) is 7.91. The number of amides is 1. The van der Waals surface area contributed by atoms with Crippen molar-refractivity contribution in [2.45, 2.75) is 25.4 Å². The van der Waals surface area contributed by atoms with Gasteiger partial charge in [0.1, 0.15) is 5.69 Å². The molecule has 1 aliphatic heterocycles. The molecule has 0 aromatic carbocycles. The van der Waals surface area contributed by atoms with Crippen LogP contribution in [0.5, 0.6) is 0 Å². The molecule has 0 saturated heterocycles. The predicted octanol–water partition coefficient (Wildman–Crippen LogP) is 2.32. The van der Waals surface area contributed by atoms with Crippen molar-refractivity contribution in [3.63, 3.8) is 0 Å². The largest absolute Gasteiger partial charge is 0.384 e. The van der Waals surface area contributed by atoms with Crippen molar-refractivity contribution in [1.82, 2.24) is 14.5 Å². The quantitative estimate of drug-likeness (QED) is 0.865. The number of hydrogen-bond donors (Lipinski definition) is 0. The maximum atomic E-state index is 12.7. The second-order valence-corrected chi connectivity index (χ2v) is 6.29. The van der Waals surface area contributed by atoms with E-state index in [0.29, 0.717) is 11.6 Å². The van der Waals surface area contributed by atoms with Gasteiger partial charge in [0.25, 0.3) is 5.91 Å². The molecule has 1 fully saturated rings. The molecule has 1 atom stereocenters. The molecule has 0 spiro atoms. The minimum absolute atomic E-state index is 0.134. The van der Waals surface area contributed by atoms with E-state index in [4.69, 9.17) is 4.84 Å². The van der Waals surface area contributed by atoms with Gasteiger partial charge in [0.2, 0.25) is 0 Å². The van der Waals surface area contributed by atoms with Crippen LogP contribution >= 0.6 is 0 Å². The fourth-order valence-corrected chi connectivity index (χ4v) is 2.95. The van der Waals surface area contributed by atoms with Crippen LogP contribution in [-0.4, -0.2) is 33.2 Å². The number of oxime groups is 1. The highest BCUT2D eigenvalue weighted by atomic mass is 16.6. The highest BCUT2D eigenvalue weighted by Crippen LogP contribution is 2.38. The molecule has 0 bridgehead atoms. The standard InChI is InChI=1S/C17H19N5O2/c1-21(12-4-3-7-18-9-12)17(23)14-10-19-16(22(14)2)15-8-13(20-24-15)11-5-6-11/h3-4,7,9-11,15H,5-6,8H2,1-2H3. The minimum atomic E-state index is -0.198. The molecule has 7 nitrogen and oxygen atoms in total. The van der Waals surface area contributed by atoms with Gasteiger partial charge >= 0.3 is 0 Å². The number of nitrogens with zero attached hydrogens (tertiary/aromatic N) is 5. The lowest BCUT2D eigenvalue weighted by Crippen LogP contribution is -2.28. The highest BCUT2D eigenvalue weighted by molar-refractivity contribution is 6.04.